The van der Waals surface area contributed by atoms with Gasteiger partial charge in [-0.05, 0) is 36.1 Å². The van der Waals surface area contributed by atoms with Crippen molar-refractivity contribution in [2.24, 2.45) is 5.73 Å². The summed E-state index contributed by atoms with van der Waals surface area (Å²) in [5.41, 5.74) is 6.66. The zero-order chi connectivity index (χ0) is 14.5. The van der Waals surface area contributed by atoms with Gasteiger partial charge < -0.3 is 10.5 Å². The lowest BCUT2D eigenvalue weighted by Crippen LogP contribution is -2.12. The third-order valence-corrected chi connectivity index (χ3v) is 4.20. The van der Waals surface area contributed by atoms with E-state index in [1.807, 2.05) is 42.5 Å². The molecule has 5 heteroatoms. The maximum absolute atomic E-state index is 5.93. The molecule has 104 valence electrons. The highest BCUT2D eigenvalue weighted by atomic mass is 79.9. The van der Waals surface area contributed by atoms with Crippen LogP contribution < -0.4 is 10.5 Å². The topological polar surface area (TPSA) is 35.2 Å². The number of thioether (sulfide) groups is 1. The molecule has 0 aliphatic rings. The van der Waals surface area contributed by atoms with Crippen molar-refractivity contribution in [1.82, 2.24) is 0 Å². The van der Waals surface area contributed by atoms with E-state index in [0.29, 0.717) is 10.7 Å². The van der Waals surface area contributed by atoms with Crippen molar-refractivity contribution in [3.05, 3.63) is 52.5 Å². The maximum atomic E-state index is 5.93. The summed E-state index contributed by atoms with van der Waals surface area (Å²) in [5, 5.41) is 0. The quantitative estimate of drug-likeness (QED) is 0.596. The van der Waals surface area contributed by atoms with E-state index in [4.69, 9.17) is 22.7 Å². The van der Waals surface area contributed by atoms with Crippen LogP contribution in [0, 0.1) is 0 Å². The fourth-order valence-electron chi connectivity index (χ4n) is 1.77. The molecule has 0 atom stereocenters. The highest BCUT2D eigenvalue weighted by Gasteiger charge is 2.13. The van der Waals surface area contributed by atoms with E-state index in [-0.39, 0.29) is 0 Å². The summed E-state index contributed by atoms with van der Waals surface area (Å²) in [6.45, 7) is 2.09. The van der Waals surface area contributed by atoms with E-state index in [0.717, 1.165) is 26.4 Å². The summed E-state index contributed by atoms with van der Waals surface area (Å²) < 4.78 is 6.89. The van der Waals surface area contributed by atoms with Crippen LogP contribution in [-0.2, 0) is 0 Å². The van der Waals surface area contributed by atoms with Crippen molar-refractivity contribution in [3.8, 4) is 11.5 Å². The summed E-state index contributed by atoms with van der Waals surface area (Å²) in [7, 11) is 0. The van der Waals surface area contributed by atoms with Crippen LogP contribution in [0.1, 0.15) is 12.5 Å². The molecule has 0 saturated carbocycles. The number of halogens is 1. The minimum absolute atomic E-state index is 0.353. The largest absolute Gasteiger partial charge is 0.457 e. The molecule has 0 heterocycles. The Hall–Kier alpha value is -1.04. The fraction of sp³-hybridized carbons (Fsp3) is 0.133. The first-order valence-electron chi connectivity index (χ1n) is 6.11. The molecule has 2 nitrogen and oxygen atoms in total. The van der Waals surface area contributed by atoms with E-state index >= 15 is 0 Å². The summed E-state index contributed by atoms with van der Waals surface area (Å²) in [4.78, 5) is 1.40. The van der Waals surface area contributed by atoms with Crippen molar-refractivity contribution >= 4 is 44.9 Å². The van der Waals surface area contributed by atoms with Gasteiger partial charge in [0, 0.05) is 9.37 Å². The standard InChI is InChI=1S/C15H14BrNOS2/c1-2-20-13-8-4-7-12(14(13)15(17)19)18-11-6-3-5-10(16)9-11/h3-9H,2H2,1H3,(H2,17,19). The third kappa shape index (κ3) is 3.75. The lowest BCUT2D eigenvalue weighted by Gasteiger charge is -2.14. The van der Waals surface area contributed by atoms with Gasteiger partial charge in [0.05, 0.1) is 5.56 Å². The van der Waals surface area contributed by atoms with Crippen LogP contribution in [0.15, 0.2) is 51.8 Å². The van der Waals surface area contributed by atoms with Crippen LogP contribution >= 0.6 is 39.9 Å². The molecule has 0 fully saturated rings. The van der Waals surface area contributed by atoms with E-state index in [2.05, 4.69) is 22.9 Å². The van der Waals surface area contributed by atoms with Crippen molar-refractivity contribution in [3.63, 3.8) is 0 Å². The van der Waals surface area contributed by atoms with Crippen LogP contribution in [0.25, 0.3) is 0 Å². The first-order chi connectivity index (χ1) is 9.61. The Morgan fingerprint density at radius 3 is 2.70 bits per heavy atom. The highest BCUT2D eigenvalue weighted by molar-refractivity contribution is 9.10. The van der Waals surface area contributed by atoms with Gasteiger partial charge in [0.2, 0.25) is 0 Å². The molecular formula is C15H14BrNOS2. The Kier molecular flexibility index (Phi) is 5.46. The van der Waals surface area contributed by atoms with E-state index < -0.39 is 0 Å². The second-order valence-corrected chi connectivity index (χ2v) is 6.65. The van der Waals surface area contributed by atoms with Gasteiger partial charge in [-0.2, -0.15) is 0 Å². The van der Waals surface area contributed by atoms with Gasteiger partial charge in [-0.1, -0.05) is 47.2 Å². The lowest BCUT2D eigenvalue weighted by atomic mass is 10.2. The number of ether oxygens (including phenoxy) is 1. The predicted molar refractivity (Wildman–Crippen MR) is 92.9 cm³/mol. The molecule has 20 heavy (non-hydrogen) atoms. The summed E-state index contributed by atoms with van der Waals surface area (Å²) in [6.07, 6.45) is 0. The summed E-state index contributed by atoms with van der Waals surface area (Å²) in [5.74, 6) is 2.39. The number of nitrogens with two attached hydrogens (primary N) is 1. The average molecular weight is 368 g/mol. The molecule has 0 spiro atoms. The first kappa shape index (κ1) is 15.4. The van der Waals surface area contributed by atoms with Crippen molar-refractivity contribution < 1.29 is 4.74 Å². The molecule has 0 amide bonds. The van der Waals surface area contributed by atoms with Crippen LogP contribution in [0.2, 0.25) is 0 Å². The molecule has 2 aromatic carbocycles. The number of thiocarbonyl (C=S) groups is 1. The Balaban J connectivity index is 2.40. The molecular weight excluding hydrogens is 354 g/mol. The third-order valence-electron chi connectivity index (χ3n) is 2.56. The SMILES string of the molecule is CCSc1cccc(Oc2cccc(Br)c2)c1C(N)=S. The number of benzene rings is 2. The molecule has 0 aliphatic heterocycles. The van der Waals surface area contributed by atoms with E-state index in [1.54, 1.807) is 11.8 Å². The first-order valence-corrected chi connectivity index (χ1v) is 8.29. The summed E-state index contributed by atoms with van der Waals surface area (Å²) >= 11 is 10.3. The van der Waals surface area contributed by atoms with Crippen molar-refractivity contribution in [1.29, 1.82) is 0 Å². The predicted octanol–water partition coefficient (Wildman–Crippen LogP) is 4.99. The van der Waals surface area contributed by atoms with E-state index in [1.165, 1.54) is 0 Å². The monoisotopic (exact) mass is 367 g/mol. The zero-order valence-corrected chi connectivity index (χ0v) is 14.1. The smallest absolute Gasteiger partial charge is 0.138 e. The van der Waals surface area contributed by atoms with Crippen LogP contribution in [0.3, 0.4) is 0 Å². The van der Waals surface area contributed by atoms with Gasteiger partial charge in [-0.15, -0.1) is 11.8 Å². The molecule has 0 saturated heterocycles. The molecule has 0 aliphatic carbocycles. The van der Waals surface area contributed by atoms with Crippen LogP contribution in [0.4, 0.5) is 0 Å². The molecule has 0 unspecified atom stereocenters. The summed E-state index contributed by atoms with van der Waals surface area (Å²) in [6, 6.07) is 13.5. The van der Waals surface area contributed by atoms with Gasteiger partial charge in [0.1, 0.15) is 16.5 Å². The van der Waals surface area contributed by atoms with Crippen LogP contribution in [0.5, 0.6) is 11.5 Å². The second-order valence-electron chi connectivity index (χ2n) is 3.99. The van der Waals surface area contributed by atoms with E-state index in [9.17, 15) is 0 Å². The van der Waals surface area contributed by atoms with Gasteiger partial charge in [0.15, 0.2) is 0 Å². The van der Waals surface area contributed by atoms with Gasteiger partial charge in [-0.25, -0.2) is 0 Å². The van der Waals surface area contributed by atoms with Crippen molar-refractivity contribution in [2.75, 3.05) is 5.75 Å². The minimum atomic E-state index is 0.353. The molecule has 0 aromatic heterocycles. The molecule has 0 radical (unpaired) electrons. The molecule has 2 aromatic rings. The average Bonchev–Trinajstić information content (AvgIpc) is 2.39. The molecule has 0 bridgehead atoms. The lowest BCUT2D eigenvalue weighted by molar-refractivity contribution is 0.480. The second kappa shape index (κ2) is 7.11. The molecule has 2 rings (SSSR count). The molecule has 2 N–H and O–H groups in total. The van der Waals surface area contributed by atoms with Gasteiger partial charge >= 0.3 is 0 Å². The zero-order valence-electron chi connectivity index (χ0n) is 10.9. The Bertz CT molecular complexity index is 631. The Morgan fingerprint density at radius 1 is 1.30 bits per heavy atom. The Morgan fingerprint density at radius 2 is 2.05 bits per heavy atom. The Labute approximate surface area is 136 Å². The maximum Gasteiger partial charge on any atom is 0.138 e. The van der Waals surface area contributed by atoms with Gasteiger partial charge in [-0.3, -0.25) is 0 Å². The van der Waals surface area contributed by atoms with Crippen LogP contribution in [-0.4, -0.2) is 10.7 Å². The number of hydrogen-bond acceptors (Lipinski definition) is 3. The van der Waals surface area contributed by atoms with Crippen molar-refractivity contribution in [2.45, 2.75) is 11.8 Å². The highest BCUT2D eigenvalue weighted by Crippen LogP contribution is 2.33. The normalized spacial score (nSPS) is 10.3. The van der Waals surface area contributed by atoms with Gasteiger partial charge in [0.25, 0.3) is 0 Å². The number of rotatable bonds is 5. The fourth-order valence-corrected chi connectivity index (χ4v) is 3.27. The number of hydrogen-bond donors (Lipinski definition) is 1. The minimum Gasteiger partial charge on any atom is -0.457 e.